The van der Waals surface area contributed by atoms with Crippen LogP contribution in [0.1, 0.15) is 18.4 Å². The highest BCUT2D eigenvalue weighted by atomic mass is 32.2. The molecular formula is C22H28N4O4S. The van der Waals surface area contributed by atoms with E-state index in [1.54, 1.807) is 24.5 Å². The lowest BCUT2D eigenvalue weighted by Crippen LogP contribution is -2.54. The number of methoxy groups -OCH3 is 1. The Bertz CT molecular complexity index is 990. The quantitative estimate of drug-likeness (QED) is 0.673. The van der Waals surface area contributed by atoms with Crippen molar-refractivity contribution in [3.8, 4) is 5.75 Å². The van der Waals surface area contributed by atoms with Gasteiger partial charge in [-0.2, -0.15) is 4.31 Å². The highest BCUT2D eigenvalue weighted by Gasteiger charge is 2.41. The maximum atomic E-state index is 13.2. The van der Waals surface area contributed by atoms with Gasteiger partial charge < -0.3 is 9.64 Å². The number of piperazine rings is 1. The van der Waals surface area contributed by atoms with Gasteiger partial charge in [0.1, 0.15) is 11.8 Å². The Morgan fingerprint density at radius 1 is 1.03 bits per heavy atom. The molecule has 1 amide bonds. The summed E-state index contributed by atoms with van der Waals surface area (Å²) in [6, 6.07) is 9.69. The normalized spacial score (nSPS) is 20.7. The van der Waals surface area contributed by atoms with Crippen LogP contribution in [0.3, 0.4) is 0 Å². The smallest absolute Gasteiger partial charge is 0.243 e. The molecule has 1 aromatic heterocycles. The Hall–Kier alpha value is -2.49. The summed E-state index contributed by atoms with van der Waals surface area (Å²) < 4.78 is 32.9. The number of hydrogen-bond donors (Lipinski definition) is 0. The number of benzene rings is 1. The van der Waals surface area contributed by atoms with E-state index >= 15 is 0 Å². The molecule has 2 saturated heterocycles. The summed E-state index contributed by atoms with van der Waals surface area (Å²) in [5.74, 6) is 0.510. The molecule has 9 heteroatoms. The molecule has 4 rings (SSSR count). The fourth-order valence-electron chi connectivity index (χ4n) is 4.24. The molecule has 2 aliphatic heterocycles. The number of pyridine rings is 1. The van der Waals surface area contributed by atoms with E-state index in [9.17, 15) is 13.2 Å². The van der Waals surface area contributed by atoms with E-state index in [1.807, 2.05) is 17.0 Å². The van der Waals surface area contributed by atoms with Gasteiger partial charge in [-0.15, -0.1) is 0 Å². The molecule has 1 aromatic carbocycles. The van der Waals surface area contributed by atoms with Gasteiger partial charge in [0.2, 0.25) is 15.9 Å². The summed E-state index contributed by atoms with van der Waals surface area (Å²) in [7, 11) is -2.20. The van der Waals surface area contributed by atoms with E-state index in [0.717, 1.165) is 19.6 Å². The zero-order valence-corrected chi connectivity index (χ0v) is 18.5. The molecule has 1 unspecified atom stereocenters. The number of hydrogen-bond acceptors (Lipinski definition) is 6. The molecule has 2 aromatic rings. The first-order chi connectivity index (χ1) is 15.0. The first-order valence-electron chi connectivity index (χ1n) is 10.5. The van der Waals surface area contributed by atoms with Gasteiger partial charge in [-0.05, 0) is 54.8 Å². The minimum Gasteiger partial charge on any atom is -0.497 e. The Balaban J connectivity index is 1.40. The van der Waals surface area contributed by atoms with E-state index in [1.165, 1.54) is 29.1 Å². The van der Waals surface area contributed by atoms with Crippen LogP contribution >= 0.6 is 0 Å². The summed E-state index contributed by atoms with van der Waals surface area (Å²) in [6.07, 6.45) is 4.82. The second-order valence-corrected chi connectivity index (χ2v) is 9.80. The first kappa shape index (κ1) is 21.7. The van der Waals surface area contributed by atoms with Crippen LogP contribution in [0.25, 0.3) is 0 Å². The third-order valence-corrected chi connectivity index (χ3v) is 7.92. The van der Waals surface area contributed by atoms with Crippen LogP contribution in [0.15, 0.2) is 53.7 Å². The maximum Gasteiger partial charge on any atom is 0.243 e. The second-order valence-electron chi connectivity index (χ2n) is 7.91. The van der Waals surface area contributed by atoms with Crippen LogP contribution in [-0.4, -0.2) is 79.3 Å². The molecule has 1 atom stereocenters. The molecule has 166 valence electrons. The number of aromatic nitrogens is 1. The van der Waals surface area contributed by atoms with Crippen molar-refractivity contribution in [2.24, 2.45) is 0 Å². The largest absolute Gasteiger partial charge is 0.497 e. The zero-order valence-electron chi connectivity index (χ0n) is 17.7. The van der Waals surface area contributed by atoms with Crippen molar-refractivity contribution >= 4 is 15.9 Å². The van der Waals surface area contributed by atoms with Gasteiger partial charge in [0.05, 0.1) is 12.0 Å². The van der Waals surface area contributed by atoms with Crippen molar-refractivity contribution < 1.29 is 17.9 Å². The Morgan fingerprint density at radius 2 is 1.71 bits per heavy atom. The number of ether oxygens (including phenoxy) is 1. The lowest BCUT2D eigenvalue weighted by atomic mass is 10.1. The molecule has 0 spiro atoms. The number of carbonyl (C=O) groups is 1. The van der Waals surface area contributed by atoms with Crippen LogP contribution < -0.4 is 4.74 Å². The van der Waals surface area contributed by atoms with Crippen LogP contribution in [0.5, 0.6) is 5.75 Å². The number of amides is 1. The van der Waals surface area contributed by atoms with Gasteiger partial charge in [0.15, 0.2) is 0 Å². The maximum absolute atomic E-state index is 13.2. The zero-order chi connectivity index (χ0) is 21.8. The van der Waals surface area contributed by atoms with Crippen molar-refractivity contribution in [1.29, 1.82) is 0 Å². The van der Waals surface area contributed by atoms with Crippen LogP contribution in [0.2, 0.25) is 0 Å². The number of carbonyl (C=O) groups excluding carboxylic acids is 1. The summed E-state index contributed by atoms with van der Waals surface area (Å²) in [4.78, 5) is 21.6. The van der Waals surface area contributed by atoms with Crippen LogP contribution in [0.4, 0.5) is 0 Å². The highest BCUT2D eigenvalue weighted by Crippen LogP contribution is 2.28. The minimum absolute atomic E-state index is 0.0850. The topological polar surface area (TPSA) is 83.0 Å². The lowest BCUT2D eigenvalue weighted by Gasteiger charge is -2.37. The van der Waals surface area contributed by atoms with Crippen molar-refractivity contribution in [2.75, 3.05) is 39.8 Å². The van der Waals surface area contributed by atoms with Gasteiger partial charge in [-0.1, -0.05) is 0 Å². The van der Waals surface area contributed by atoms with Crippen LogP contribution in [0, 0.1) is 0 Å². The van der Waals surface area contributed by atoms with Gasteiger partial charge >= 0.3 is 0 Å². The summed E-state index contributed by atoms with van der Waals surface area (Å²) in [5.41, 5.74) is 1.20. The predicted molar refractivity (Wildman–Crippen MR) is 116 cm³/mol. The van der Waals surface area contributed by atoms with E-state index in [4.69, 9.17) is 4.74 Å². The highest BCUT2D eigenvalue weighted by molar-refractivity contribution is 7.89. The van der Waals surface area contributed by atoms with E-state index in [-0.39, 0.29) is 10.8 Å². The van der Waals surface area contributed by atoms with Gasteiger partial charge in [0.25, 0.3) is 0 Å². The summed E-state index contributed by atoms with van der Waals surface area (Å²) in [6.45, 7) is 3.95. The molecule has 0 saturated carbocycles. The van der Waals surface area contributed by atoms with Gasteiger partial charge in [-0.25, -0.2) is 8.42 Å². The van der Waals surface area contributed by atoms with Crippen LogP contribution in [-0.2, 0) is 21.4 Å². The molecule has 2 aliphatic rings. The molecule has 3 heterocycles. The molecule has 0 radical (unpaired) electrons. The Morgan fingerprint density at radius 3 is 2.35 bits per heavy atom. The fourth-order valence-corrected chi connectivity index (χ4v) is 5.89. The Kier molecular flexibility index (Phi) is 6.54. The molecule has 8 nitrogen and oxygen atoms in total. The third kappa shape index (κ3) is 4.73. The summed E-state index contributed by atoms with van der Waals surface area (Å²) in [5, 5.41) is 0. The van der Waals surface area contributed by atoms with E-state index in [0.29, 0.717) is 38.2 Å². The molecular weight excluding hydrogens is 416 g/mol. The van der Waals surface area contributed by atoms with Crippen molar-refractivity contribution in [3.63, 3.8) is 0 Å². The van der Waals surface area contributed by atoms with Crippen molar-refractivity contribution in [3.05, 3.63) is 54.4 Å². The summed E-state index contributed by atoms with van der Waals surface area (Å²) >= 11 is 0. The second kappa shape index (κ2) is 9.33. The minimum atomic E-state index is -3.73. The number of rotatable bonds is 6. The standard InChI is InChI=1S/C22H28N4O4S/c1-30-19-4-6-20(7-5-19)31(28,29)26-12-2-3-21(26)22(27)25-15-13-24(14-16-25)17-18-8-10-23-11-9-18/h4-11,21H,2-3,12-17H2,1H3. The average Bonchev–Trinajstić information content (AvgIpc) is 3.31. The van der Waals surface area contributed by atoms with Gasteiger partial charge in [-0.3, -0.25) is 14.7 Å². The predicted octanol–water partition coefficient (Wildman–Crippen LogP) is 1.59. The first-order valence-corrected chi connectivity index (χ1v) is 12.0. The molecule has 0 N–H and O–H groups in total. The van der Waals surface area contributed by atoms with E-state index in [2.05, 4.69) is 9.88 Å². The lowest BCUT2D eigenvalue weighted by molar-refractivity contribution is -0.136. The monoisotopic (exact) mass is 444 g/mol. The molecule has 0 bridgehead atoms. The SMILES string of the molecule is COc1ccc(S(=O)(=O)N2CCCC2C(=O)N2CCN(Cc3ccncc3)CC2)cc1. The van der Waals surface area contributed by atoms with E-state index < -0.39 is 16.1 Å². The third-order valence-electron chi connectivity index (χ3n) is 5.99. The number of sulfonamides is 1. The van der Waals surface area contributed by atoms with Crippen molar-refractivity contribution in [2.45, 2.75) is 30.3 Å². The van der Waals surface area contributed by atoms with Crippen molar-refractivity contribution in [1.82, 2.24) is 19.1 Å². The number of nitrogens with zero attached hydrogens (tertiary/aromatic N) is 4. The molecule has 2 fully saturated rings. The average molecular weight is 445 g/mol. The Labute approximate surface area is 183 Å². The molecule has 0 aliphatic carbocycles. The fraction of sp³-hybridized carbons (Fsp3) is 0.455. The molecule has 31 heavy (non-hydrogen) atoms. The van der Waals surface area contributed by atoms with Gasteiger partial charge in [0, 0.05) is 51.7 Å².